The molecule has 0 radical (unpaired) electrons. The number of nitrogens with zero attached hydrogens (tertiary/aromatic N) is 2. The fourth-order valence-corrected chi connectivity index (χ4v) is 3.04. The van der Waals surface area contributed by atoms with Crippen molar-refractivity contribution in [2.75, 3.05) is 26.7 Å². The van der Waals surface area contributed by atoms with E-state index in [0.29, 0.717) is 12.6 Å². The van der Waals surface area contributed by atoms with Gasteiger partial charge in [0.2, 0.25) is 0 Å². The summed E-state index contributed by atoms with van der Waals surface area (Å²) in [6.45, 7) is 5.94. The highest BCUT2D eigenvalue weighted by Crippen LogP contribution is 2.11. The van der Waals surface area contributed by atoms with Crippen LogP contribution in [0, 0.1) is 0 Å². The number of nitrogens with one attached hydrogen (secondary N) is 2. The number of aliphatic imine (C=N–C) groups is 1. The Labute approximate surface area is 155 Å². The Morgan fingerprint density at radius 2 is 1.68 bits per heavy atom. The van der Waals surface area contributed by atoms with Crippen LogP contribution in [0.25, 0.3) is 0 Å². The van der Waals surface area contributed by atoms with E-state index in [2.05, 4.69) is 40.4 Å². The van der Waals surface area contributed by atoms with E-state index in [1.807, 2.05) is 7.05 Å². The molecule has 0 saturated heterocycles. The molecule has 1 unspecified atom stereocenters. The van der Waals surface area contributed by atoms with Crippen molar-refractivity contribution in [2.24, 2.45) is 4.99 Å². The third kappa shape index (κ3) is 9.73. The predicted octanol–water partition coefficient (Wildman–Crippen LogP) is 3.61. The van der Waals surface area contributed by atoms with Crippen molar-refractivity contribution >= 4 is 5.96 Å². The minimum atomic E-state index is 0.0818. The molecule has 0 aromatic carbocycles. The standard InChI is InChI=1S/C20H40N4O/c1-4-5-6-7-8-9-10-11-12-13-14-21-19-17-18(2)24(3)20(23-19)22-15-16-25/h17-18,21,25H,4-16H2,1-3H3,(H,22,23). The molecule has 0 aromatic heterocycles. The molecule has 146 valence electrons. The molecule has 0 spiro atoms. The lowest BCUT2D eigenvalue weighted by Gasteiger charge is -2.33. The third-order valence-electron chi connectivity index (χ3n) is 4.81. The molecular weight excluding hydrogens is 312 g/mol. The van der Waals surface area contributed by atoms with Gasteiger partial charge in [-0.2, -0.15) is 0 Å². The molecule has 0 aliphatic carbocycles. The summed E-state index contributed by atoms with van der Waals surface area (Å²) in [5.41, 5.74) is 0. The van der Waals surface area contributed by atoms with Gasteiger partial charge < -0.3 is 20.6 Å². The first-order valence-electron chi connectivity index (χ1n) is 10.3. The van der Waals surface area contributed by atoms with Gasteiger partial charge in [-0.3, -0.25) is 4.99 Å². The summed E-state index contributed by atoms with van der Waals surface area (Å²) in [6, 6.07) is 0.300. The smallest absolute Gasteiger partial charge is 0.199 e. The van der Waals surface area contributed by atoms with Crippen LogP contribution in [0.15, 0.2) is 16.9 Å². The van der Waals surface area contributed by atoms with Gasteiger partial charge in [-0.15, -0.1) is 0 Å². The average molecular weight is 353 g/mol. The van der Waals surface area contributed by atoms with Gasteiger partial charge in [-0.05, 0) is 19.4 Å². The van der Waals surface area contributed by atoms with E-state index in [9.17, 15) is 0 Å². The number of hydrogen-bond acceptors (Lipinski definition) is 3. The van der Waals surface area contributed by atoms with Gasteiger partial charge in [0.05, 0.1) is 19.2 Å². The Kier molecular flexibility index (Phi) is 12.2. The van der Waals surface area contributed by atoms with E-state index in [0.717, 1.165) is 18.3 Å². The molecular formula is C20H40N4O. The first kappa shape index (κ1) is 21.8. The molecule has 25 heavy (non-hydrogen) atoms. The van der Waals surface area contributed by atoms with Gasteiger partial charge >= 0.3 is 0 Å². The van der Waals surface area contributed by atoms with Crippen molar-refractivity contribution in [1.82, 2.24) is 15.5 Å². The molecule has 0 fully saturated rings. The third-order valence-corrected chi connectivity index (χ3v) is 4.81. The summed E-state index contributed by atoms with van der Waals surface area (Å²) in [5, 5.41) is 15.8. The van der Waals surface area contributed by atoms with Crippen molar-refractivity contribution in [2.45, 2.75) is 84.1 Å². The maximum atomic E-state index is 8.95. The van der Waals surface area contributed by atoms with Crippen LogP contribution in [0.3, 0.4) is 0 Å². The average Bonchev–Trinajstić information content (AvgIpc) is 2.61. The van der Waals surface area contributed by atoms with Gasteiger partial charge in [-0.25, -0.2) is 0 Å². The van der Waals surface area contributed by atoms with Gasteiger partial charge in [0, 0.05) is 13.6 Å². The molecule has 1 heterocycles. The highest BCUT2D eigenvalue weighted by molar-refractivity contribution is 5.83. The van der Waals surface area contributed by atoms with E-state index >= 15 is 0 Å². The maximum absolute atomic E-state index is 8.95. The predicted molar refractivity (Wildman–Crippen MR) is 108 cm³/mol. The van der Waals surface area contributed by atoms with Gasteiger partial charge in [0.1, 0.15) is 5.82 Å². The summed E-state index contributed by atoms with van der Waals surface area (Å²) in [4.78, 5) is 6.47. The second-order valence-corrected chi connectivity index (χ2v) is 7.09. The van der Waals surface area contributed by atoms with Crippen molar-refractivity contribution in [1.29, 1.82) is 0 Å². The number of unbranched alkanes of at least 4 members (excludes halogenated alkanes) is 9. The van der Waals surface area contributed by atoms with Crippen LogP contribution in [0.2, 0.25) is 0 Å². The Bertz CT molecular complexity index is 395. The van der Waals surface area contributed by atoms with Crippen molar-refractivity contribution < 1.29 is 5.11 Å². The number of hydrogen-bond donors (Lipinski definition) is 3. The Morgan fingerprint density at radius 1 is 1.08 bits per heavy atom. The van der Waals surface area contributed by atoms with E-state index in [1.54, 1.807) is 0 Å². The fourth-order valence-electron chi connectivity index (χ4n) is 3.04. The van der Waals surface area contributed by atoms with Gasteiger partial charge in [0.25, 0.3) is 0 Å². The topological polar surface area (TPSA) is 59.9 Å². The SMILES string of the molecule is CCCCCCCCCCCCNC1=CC(C)N(C)C(=NCCO)N1. The quantitative estimate of drug-likeness (QED) is 0.418. The van der Waals surface area contributed by atoms with Crippen molar-refractivity contribution in [3.63, 3.8) is 0 Å². The number of rotatable bonds is 14. The zero-order valence-corrected chi connectivity index (χ0v) is 16.7. The lowest BCUT2D eigenvalue weighted by Crippen LogP contribution is -2.50. The highest BCUT2D eigenvalue weighted by Gasteiger charge is 2.19. The maximum Gasteiger partial charge on any atom is 0.199 e. The van der Waals surface area contributed by atoms with Crippen LogP contribution >= 0.6 is 0 Å². The summed E-state index contributed by atoms with van der Waals surface area (Å²) in [6.07, 6.45) is 15.8. The van der Waals surface area contributed by atoms with Gasteiger partial charge in [0.15, 0.2) is 5.96 Å². The number of guanidine groups is 1. The molecule has 3 N–H and O–H groups in total. The molecule has 5 heteroatoms. The summed E-state index contributed by atoms with van der Waals surface area (Å²) >= 11 is 0. The van der Waals surface area contributed by atoms with E-state index in [4.69, 9.17) is 5.11 Å². The zero-order valence-electron chi connectivity index (χ0n) is 16.7. The first-order valence-corrected chi connectivity index (χ1v) is 10.3. The second-order valence-electron chi connectivity index (χ2n) is 7.09. The Morgan fingerprint density at radius 3 is 2.28 bits per heavy atom. The minimum absolute atomic E-state index is 0.0818. The summed E-state index contributed by atoms with van der Waals surface area (Å²) < 4.78 is 0. The normalized spacial score (nSPS) is 19.0. The van der Waals surface area contributed by atoms with Crippen molar-refractivity contribution in [3.8, 4) is 0 Å². The van der Waals surface area contributed by atoms with Crippen LogP contribution in [0.5, 0.6) is 0 Å². The molecule has 0 amide bonds. The summed E-state index contributed by atoms with van der Waals surface area (Å²) in [5.74, 6) is 1.87. The van der Waals surface area contributed by atoms with Crippen molar-refractivity contribution in [3.05, 3.63) is 11.9 Å². The molecule has 5 nitrogen and oxygen atoms in total. The highest BCUT2D eigenvalue weighted by atomic mass is 16.3. The van der Waals surface area contributed by atoms with Crippen LogP contribution in [-0.4, -0.2) is 48.8 Å². The number of aliphatic hydroxyl groups excluding tert-OH is 1. The molecule has 0 bridgehead atoms. The second kappa shape index (κ2) is 14.0. The number of likely N-dealkylation sites (N-methyl/N-ethyl adjacent to an activating group) is 1. The largest absolute Gasteiger partial charge is 0.394 e. The monoisotopic (exact) mass is 352 g/mol. The van der Waals surface area contributed by atoms with E-state index < -0.39 is 0 Å². The molecule has 0 saturated carbocycles. The lowest BCUT2D eigenvalue weighted by molar-refractivity contribution is 0.305. The first-order chi connectivity index (χ1) is 12.2. The lowest BCUT2D eigenvalue weighted by atomic mass is 10.1. The molecule has 1 rings (SSSR count). The van der Waals surface area contributed by atoms with Crippen LogP contribution in [-0.2, 0) is 0 Å². The molecule has 1 aliphatic heterocycles. The fraction of sp³-hybridized carbons (Fsp3) is 0.850. The molecule has 0 aromatic rings. The molecule has 1 aliphatic rings. The number of aliphatic hydroxyl groups is 1. The minimum Gasteiger partial charge on any atom is -0.394 e. The Hall–Kier alpha value is -1.23. The zero-order chi connectivity index (χ0) is 18.3. The molecule has 1 atom stereocenters. The van der Waals surface area contributed by atoms with E-state index in [1.165, 1.54) is 64.2 Å². The van der Waals surface area contributed by atoms with Crippen LogP contribution in [0.4, 0.5) is 0 Å². The van der Waals surface area contributed by atoms with E-state index in [-0.39, 0.29) is 6.61 Å². The van der Waals surface area contributed by atoms with Crippen LogP contribution < -0.4 is 10.6 Å². The summed E-state index contributed by atoms with van der Waals surface area (Å²) in [7, 11) is 2.02. The van der Waals surface area contributed by atoms with Crippen LogP contribution in [0.1, 0.15) is 78.1 Å². The van der Waals surface area contributed by atoms with Gasteiger partial charge in [-0.1, -0.05) is 64.7 Å². The Balaban J connectivity index is 2.08.